The van der Waals surface area contributed by atoms with Crippen LogP contribution in [0.25, 0.3) is 0 Å². The molecule has 1 aromatic rings. The summed E-state index contributed by atoms with van der Waals surface area (Å²) in [5, 5.41) is 0. The lowest BCUT2D eigenvalue weighted by molar-refractivity contribution is 0.142. The van der Waals surface area contributed by atoms with E-state index in [-0.39, 0.29) is 5.82 Å². The Kier molecular flexibility index (Phi) is 5.18. The third kappa shape index (κ3) is 3.81. The fourth-order valence-corrected chi connectivity index (χ4v) is 2.84. The molecule has 1 radical (unpaired) electrons. The van der Waals surface area contributed by atoms with Gasteiger partial charge in [0, 0.05) is 12.6 Å². The zero-order chi connectivity index (χ0) is 12.8. The van der Waals surface area contributed by atoms with E-state index >= 15 is 0 Å². The van der Waals surface area contributed by atoms with Crippen LogP contribution in [0.1, 0.15) is 37.7 Å². The van der Waals surface area contributed by atoms with Crippen LogP contribution in [0, 0.1) is 12.7 Å². The maximum absolute atomic E-state index is 12.8. The number of hydrogen-bond acceptors (Lipinski definition) is 1. The highest BCUT2D eigenvalue weighted by Gasteiger charge is 2.20. The first-order chi connectivity index (χ1) is 8.79. The molecule has 1 fully saturated rings. The fourth-order valence-electron chi connectivity index (χ4n) is 2.84. The predicted molar refractivity (Wildman–Crippen MR) is 73.9 cm³/mol. The third-order valence-electron chi connectivity index (χ3n) is 3.89. The van der Waals surface area contributed by atoms with Crippen LogP contribution in [-0.2, 0) is 6.42 Å². The van der Waals surface area contributed by atoms with E-state index < -0.39 is 0 Å². The van der Waals surface area contributed by atoms with E-state index in [0.717, 1.165) is 25.4 Å². The molecule has 1 saturated heterocycles. The normalized spacial score (nSPS) is 21.1. The highest BCUT2D eigenvalue weighted by Crippen LogP contribution is 2.21. The van der Waals surface area contributed by atoms with E-state index in [0.29, 0.717) is 0 Å². The second-order valence-electron chi connectivity index (χ2n) is 5.20. The Bertz CT molecular complexity index is 345. The lowest BCUT2D eigenvalue weighted by atomic mass is 9.97. The average molecular weight is 248 g/mol. The topological polar surface area (TPSA) is 3.24 Å². The summed E-state index contributed by atoms with van der Waals surface area (Å²) < 4.78 is 12.8. The van der Waals surface area contributed by atoms with Crippen LogP contribution < -0.4 is 0 Å². The summed E-state index contributed by atoms with van der Waals surface area (Å²) in [6.45, 7) is 6.28. The van der Waals surface area contributed by atoms with Gasteiger partial charge in [-0.1, -0.05) is 31.9 Å². The Morgan fingerprint density at radius 3 is 2.72 bits per heavy atom. The van der Waals surface area contributed by atoms with Crippen molar-refractivity contribution in [3.8, 4) is 0 Å². The molecule has 0 saturated carbocycles. The van der Waals surface area contributed by atoms with E-state index in [9.17, 15) is 4.39 Å². The first-order valence-corrected chi connectivity index (χ1v) is 7.07. The lowest BCUT2D eigenvalue weighted by Crippen LogP contribution is -2.40. The molecular formula is C16H23FN. The average Bonchev–Trinajstić information content (AvgIpc) is 2.40. The highest BCUT2D eigenvalue weighted by molar-refractivity contribution is 5.16. The molecule has 1 atom stereocenters. The minimum absolute atomic E-state index is 0.147. The van der Waals surface area contributed by atoms with Gasteiger partial charge in [0.05, 0.1) is 0 Å². The molecule has 0 bridgehead atoms. The van der Waals surface area contributed by atoms with Gasteiger partial charge in [-0.05, 0) is 49.9 Å². The van der Waals surface area contributed by atoms with Gasteiger partial charge in [0.25, 0.3) is 0 Å². The van der Waals surface area contributed by atoms with Crippen molar-refractivity contribution in [2.45, 2.75) is 44.6 Å². The third-order valence-corrected chi connectivity index (χ3v) is 3.89. The van der Waals surface area contributed by atoms with Gasteiger partial charge in [-0.25, -0.2) is 4.39 Å². The number of nitrogens with zero attached hydrogens (tertiary/aromatic N) is 1. The number of benzene rings is 1. The maximum Gasteiger partial charge on any atom is 0.123 e. The molecule has 0 aromatic heterocycles. The summed E-state index contributed by atoms with van der Waals surface area (Å²) >= 11 is 0. The van der Waals surface area contributed by atoms with Gasteiger partial charge >= 0.3 is 0 Å². The summed E-state index contributed by atoms with van der Waals surface area (Å²) in [5.74, 6) is -0.147. The number of halogens is 1. The van der Waals surface area contributed by atoms with Gasteiger partial charge in [-0.3, -0.25) is 0 Å². The van der Waals surface area contributed by atoms with Gasteiger partial charge in [0.2, 0.25) is 0 Å². The van der Waals surface area contributed by atoms with Gasteiger partial charge in [-0.15, -0.1) is 0 Å². The highest BCUT2D eigenvalue weighted by atomic mass is 19.1. The van der Waals surface area contributed by atoms with Crippen LogP contribution in [0.15, 0.2) is 24.3 Å². The minimum Gasteiger partial charge on any atom is -0.300 e. The molecular weight excluding hydrogens is 225 g/mol. The smallest absolute Gasteiger partial charge is 0.123 e. The van der Waals surface area contributed by atoms with Crippen LogP contribution in [0.2, 0.25) is 0 Å². The van der Waals surface area contributed by atoms with Crippen molar-refractivity contribution in [1.29, 1.82) is 0 Å². The standard InChI is InChI=1S/C16H23FN/c1-2-5-16-6-3-4-12-18(16)13-11-14-7-9-15(17)10-8-14/h7-10,16H,1-6,11-13H2. The first-order valence-electron chi connectivity index (χ1n) is 7.07. The Morgan fingerprint density at radius 2 is 2.00 bits per heavy atom. The number of rotatable bonds is 5. The van der Waals surface area contributed by atoms with Gasteiger partial charge in [-0.2, -0.15) is 0 Å². The van der Waals surface area contributed by atoms with Gasteiger partial charge < -0.3 is 4.90 Å². The molecule has 0 N–H and O–H groups in total. The van der Waals surface area contributed by atoms with Crippen molar-refractivity contribution in [1.82, 2.24) is 4.90 Å². The van der Waals surface area contributed by atoms with E-state index in [1.54, 1.807) is 12.1 Å². The monoisotopic (exact) mass is 248 g/mol. The molecule has 1 aromatic carbocycles. The van der Waals surface area contributed by atoms with Crippen molar-refractivity contribution in [3.63, 3.8) is 0 Å². The van der Waals surface area contributed by atoms with Crippen LogP contribution in [-0.4, -0.2) is 24.0 Å². The van der Waals surface area contributed by atoms with Gasteiger partial charge in [0.15, 0.2) is 0 Å². The molecule has 18 heavy (non-hydrogen) atoms. The van der Waals surface area contributed by atoms with Crippen molar-refractivity contribution >= 4 is 0 Å². The largest absolute Gasteiger partial charge is 0.300 e. The SMILES string of the molecule is [CH2]CCC1CCCCN1CCc1ccc(F)cc1. The Balaban J connectivity index is 1.85. The van der Waals surface area contributed by atoms with E-state index in [1.165, 1.54) is 37.8 Å². The summed E-state index contributed by atoms with van der Waals surface area (Å²) in [7, 11) is 0. The first kappa shape index (κ1) is 13.5. The summed E-state index contributed by atoms with van der Waals surface area (Å²) in [5.41, 5.74) is 1.23. The molecule has 1 unspecified atom stereocenters. The molecule has 0 amide bonds. The second kappa shape index (κ2) is 6.89. The fraction of sp³-hybridized carbons (Fsp3) is 0.562. The Morgan fingerprint density at radius 1 is 1.22 bits per heavy atom. The molecule has 1 aliphatic rings. The van der Waals surface area contributed by atoms with Gasteiger partial charge in [0.1, 0.15) is 5.82 Å². The van der Waals surface area contributed by atoms with Crippen molar-refractivity contribution in [2.75, 3.05) is 13.1 Å². The summed E-state index contributed by atoms with van der Waals surface area (Å²) in [4.78, 5) is 2.60. The molecule has 1 nitrogen and oxygen atoms in total. The predicted octanol–water partition coefficient (Wildman–Crippen LogP) is 3.84. The molecule has 2 heteroatoms. The second-order valence-corrected chi connectivity index (χ2v) is 5.20. The zero-order valence-corrected chi connectivity index (χ0v) is 11.1. The molecule has 2 rings (SSSR count). The van der Waals surface area contributed by atoms with Crippen LogP contribution in [0.4, 0.5) is 4.39 Å². The van der Waals surface area contributed by atoms with Crippen LogP contribution in [0.5, 0.6) is 0 Å². The van der Waals surface area contributed by atoms with Crippen molar-refractivity contribution in [3.05, 3.63) is 42.6 Å². The Labute approximate surface area is 110 Å². The molecule has 99 valence electrons. The molecule has 1 aliphatic heterocycles. The summed E-state index contributed by atoms with van der Waals surface area (Å²) in [6.07, 6.45) is 7.25. The molecule has 0 spiro atoms. The zero-order valence-electron chi connectivity index (χ0n) is 11.1. The Hall–Kier alpha value is -0.890. The van der Waals surface area contributed by atoms with Crippen LogP contribution in [0.3, 0.4) is 0 Å². The van der Waals surface area contributed by atoms with E-state index in [2.05, 4.69) is 11.8 Å². The minimum atomic E-state index is -0.147. The van der Waals surface area contributed by atoms with Crippen LogP contribution >= 0.6 is 0 Å². The van der Waals surface area contributed by atoms with Crippen molar-refractivity contribution in [2.24, 2.45) is 0 Å². The van der Waals surface area contributed by atoms with E-state index in [4.69, 9.17) is 0 Å². The molecule has 0 aliphatic carbocycles. The maximum atomic E-state index is 12.8. The van der Waals surface area contributed by atoms with E-state index in [1.807, 2.05) is 12.1 Å². The number of likely N-dealkylation sites (tertiary alicyclic amines) is 1. The quantitative estimate of drug-likeness (QED) is 0.765. The molecule has 1 heterocycles. The lowest BCUT2D eigenvalue weighted by Gasteiger charge is -2.35. The number of piperidine rings is 1. The number of hydrogen-bond donors (Lipinski definition) is 0. The van der Waals surface area contributed by atoms with Crippen molar-refractivity contribution < 1.29 is 4.39 Å². The summed E-state index contributed by atoms with van der Waals surface area (Å²) in [6, 6.07) is 7.63.